The molecule has 0 spiro atoms. The monoisotopic (exact) mass is 421 g/mol. The van der Waals surface area contributed by atoms with Crippen LogP contribution in [0, 0.1) is 5.92 Å². The number of para-hydroxylation sites is 1. The van der Waals surface area contributed by atoms with Crippen molar-refractivity contribution in [1.29, 1.82) is 0 Å². The van der Waals surface area contributed by atoms with E-state index in [4.69, 9.17) is 9.26 Å². The van der Waals surface area contributed by atoms with Gasteiger partial charge in [-0.25, -0.2) is 4.98 Å². The Kier molecular flexibility index (Phi) is 5.78. The molecule has 164 valence electrons. The van der Waals surface area contributed by atoms with Crippen LogP contribution < -0.4 is 9.64 Å². The number of anilines is 1. The summed E-state index contributed by atoms with van der Waals surface area (Å²) in [5.41, 5.74) is 1.91. The highest BCUT2D eigenvalue weighted by Crippen LogP contribution is 2.31. The first-order valence-corrected chi connectivity index (χ1v) is 11.2. The number of piperidine rings is 1. The van der Waals surface area contributed by atoms with Gasteiger partial charge in [-0.3, -0.25) is 4.90 Å². The zero-order chi connectivity index (χ0) is 21.2. The summed E-state index contributed by atoms with van der Waals surface area (Å²) in [4.78, 5) is 11.8. The summed E-state index contributed by atoms with van der Waals surface area (Å²) in [6, 6.07) is 14.7. The summed E-state index contributed by atoms with van der Waals surface area (Å²) in [5, 5.41) is 5.47. The lowest BCUT2D eigenvalue weighted by molar-refractivity contribution is 0.0716. The maximum absolute atomic E-state index is 6.09. The van der Waals surface area contributed by atoms with Crippen LogP contribution in [0.25, 0.3) is 11.0 Å². The van der Waals surface area contributed by atoms with Gasteiger partial charge in [0.1, 0.15) is 0 Å². The molecule has 0 bridgehead atoms. The zero-order valence-electron chi connectivity index (χ0n) is 18.4. The van der Waals surface area contributed by atoms with Gasteiger partial charge in [-0.05, 0) is 45.1 Å². The van der Waals surface area contributed by atoms with E-state index in [0.717, 1.165) is 67.7 Å². The lowest BCUT2D eigenvalue weighted by Crippen LogP contribution is -2.57. The van der Waals surface area contributed by atoms with Gasteiger partial charge in [-0.15, -0.1) is 0 Å². The normalized spacial score (nSPS) is 22.1. The molecule has 0 radical (unpaired) electrons. The van der Waals surface area contributed by atoms with Crippen LogP contribution in [0.4, 0.5) is 5.82 Å². The highest BCUT2D eigenvalue weighted by molar-refractivity contribution is 5.88. The van der Waals surface area contributed by atoms with Crippen LogP contribution in [0.3, 0.4) is 0 Å². The topological polar surface area (TPSA) is 57.9 Å². The quantitative estimate of drug-likeness (QED) is 0.605. The number of benzene rings is 1. The van der Waals surface area contributed by atoms with Crippen molar-refractivity contribution in [3.05, 3.63) is 48.2 Å². The average Bonchev–Trinajstić information content (AvgIpc) is 3.21. The standard InChI is InChI=1S/C24H31N5O2/c1-27(2)15-19-6-5-9-23(25-19)30-17-18-10-11-20-16-29(13-12-28(20)14-18)24-21-7-3-4-8-22(21)31-26-24/h3-9,18,20H,10-17H2,1-2H3. The molecule has 0 N–H and O–H groups in total. The number of aromatic nitrogens is 2. The third kappa shape index (κ3) is 4.52. The first-order chi connectivity index (χ1) is 15.2. The molecule has 7 nitrogen and oxygen atoms in total. The number of hydrogen-bond donors (Lipinski definition) is 0. The van der Waals surface area contributed by atoms with E-state index < -0.39 is 0 Å². The summed E-state index contributed by atoms with van der Waals surface area (Å²) in [7, 11) is 4.11. The molecule has 7 heteroatoms. The first-order valence-electron chi connectivity index (χ1n) is 11.2. The van der Waals surface area contributed by atoms with Crippen molar-refractivity contribution >= 4 is 16.8 Å². The molecule has 31 heavy (non-hydrogen) atoms. The van der Waals surface area contributed by atoms with Gasteiger partial charge < -0.3 is 19.1 Å². The van der Waals surface area contributed by atoms with Gasteiger partial charge in [-0.2, -0.15) is 0 Å². The van der Waals surface area contributed by atoms with Gasteiger partial charge in [0.05, 0.1) is 17.7 Å². The first kappa shape index (κ1) is 20.3. The third-order valence-corrected chi connectivity index (χ3v) is 6.39. The van der Waals surface area contributed by atoms with Crippen molar-refractivity contribution in [2.75, 3.05) is 51.8 Å². The van der Waals surface area contributed by atoms with Crippen LogP contribution in [-0.2, 0) is 6.54 Å². The average molecular weight is 422 g/mol. The molecule has 2 saturated heterocycles. The van der Waals surface area contributed by atoms with Gasteiger partial charge in [0.2, 0.25) is 5.88 Å². The summed E-state index contributed by atoms with van der Waals surface area (Å²) in [6.07, 6.45) is 2.38. The minimum Gasteiger partial charge on any atom is -0.477 e. The predicted molar refractivity (Wildman–Crippen MR) is 121 cm³/mol. The predicted octanol–water partition coefficient (Wildman–Crippen LogP) is 3.26. The van der Waals surface area contributed by atoms with E-state index in [1.54, 1.807) is 0 Å². The Bertz CT molecular complexity index is 1020. The molecule has 0 amide bonds. The van der Waals surface area contributed by atoms with Crippen LogP contribution in [0.15, 0.2) is 47.0 Å². The molecule has 2 atom stereocenters. The van der Waals surface area contributed by atoms with E-state index in [0.29, 0.717) is 12.0 Å². The van der Waals surface area contributed by atoms with E-state index >= 15 is 0 Å². The number of piperazine rings is 1. The summed E-state index contributed by atoms with van der Waals surface area (Å²) in [6.45, 7) is 5.70. The molecule has 2 aromatic heterocycles. The number of rotatable bonds is 6. The molecule has 4 heterocycles. The molecule has 0 saturated carbocycles. The highest BCUT2D eigenvalue weighted by atomic mass is 16.5. The van der Waals surface area contributed by atoms with Crippen LogP contribution in [-0.4, -0.2) is 72.9 Å². The lowest BCUT2D eigenvalue weighted by atomic mass is 9.91. The fourth-order valence-corrected chi connectivity index (χ4v) is 4.84. The fourth-order valence-electron chi connectivity index (χ4n) is 4.84. The Balaban J connectivity index is 1.16. The van der Waals surface area contributed by atoms with Gasteiger partial charge in [-0.1, -0.05) is 23.4 Å². The Labute approximate surface area is 183 Å². The lowest BCUT2D eigenvalue weighted by Gasteiger charge is -2.46. The van der Waals surface area contributed by atoms with E-state index in [-0.39, 0.29) is 0 Å². The largest absolute Gasteiger partial charge is 0.477 e. The van der Waals surface area contributed by atoms with Crippen LogP contribution in [0.1, 0.15) is 18.5 Å². The Morgan fingerprint density at radius 1 is 1.06 bits per heavy atom. The van der Waals surface area contributed by atoms with Crippen LogP contribution >= 0.6 is 0 Å². The minimum atomic E-state index is 0.551. The van der Waals surface area contributed by atoms with E-state index in [9.17, 15) is 0 Å². The SMILES string of the molecule is CN(C)Cc1cccc(OCC2CCC3CN(c4noc5ccccc45)CCN3C2)n1. The van der Waals surface area contributed by atoms with Crippen molar-refractivity contribution in [1.82, 2.24) is 19.9 Å². The second kappa shape index (κ2) is 8.85. The minimum absolute atomic E-state index is 0.551. The number of pyridine rings is 1. The summed E-state index contributed by atoms with van der Waals surface area (Å²) >= 11 is 0. The maximum atomic E-state index is 6.09. The summed E-state index contributed by atoms with van der Waals surface area (Å²) in [5.74, 6) is 2.28. The second-order valence-electron chi connectivity index (χ2n) is 9.06. The summed E-state index contributed by atoms with van der Waals surface area (Å²) < 4.78 is 11.6. The molecule has 3 aromatic rings. The van der Waals surface area contributed by atoms with E-state index in [1.165, 1.54) is 12.8 Å². The number of fused-ring (bicyclic) bond motifs is 2. The Morgan fingerprint density at radius 2 is 1.97 bits per heavy atom. The Morgan fingerprint density at radius 3 is 2.87 bits per heavy atom. The maximum Gasteiger partial charge on any atom is 0.213 e. The molecule has 0 aliphatic carbocycles. The molecule has 1 aromatic carbocycles. The van der Waals surface area contributed by atoms with Crippen molar-refractivity contribution in [3.63, 3.8) is 0 Å². The van der Waals surface area contributed by atoms with Crippen molar-refractivity contribution in [2.45, 2.75) is 25.4 Å². The van der Waals surface area contributed by atoms with Gasteiger partial charge in [0, 0.05) is 50.7 Å². The van der Waals surface area contributed by atoms with Gasteiger partial charge >= 0.3 is 0 Å². The van der Waals surface area contributed by atoms with Crippen LogP contribution in [0.2, 0.25) is 0 Å². The van der Waals surface area contributed by atoms with E-state index in [2.05, 4.69) is 57.1 Å². The van der Waals surface area contributed by atoms with Crippen molar-refractivity contribution < 1.29 is 9.26 Å². The molecule has 2 fully saturated rings. The van der Waals surface area contributed by atoms with E-state index in [1.807, 2.05) is 24.3 Å². The molecule has 2 aliphatic heterocycles. The molecule has 5 rings (SSSR count). The zero-order valence-corrected chi connectivity index (χ0v) is 18.4. The fraction of sp³-hybridized carbons (Fsp3) is 0.500. The van der Waals surface area contributed by atoms with Crippen LogP contribution in [0.5, 0.6) is 5.88 Å². The molecule has 2 aliphatic rings. The Hall–Kier alpha value is -2.64. The second-order valence-corrected chi connectivity index (χ2v) is 9.06. The van der Waals surface area contributed by atoms with Gasteiger partial charge in [0.15, 0.2) is 11.4 Å². The molecule has 2 unspecified atom stereocenters. The third-order valence-electron chi connectivity index (χ3n) is 6.39. The van der Waals surface area contributed by atoms with Crippen molar-refractivity contribution in [2.24, 2.45) is 5.92 Å². The number of ether oxygens (including phenoxy) is 1. The smallest absolute Gasteiger partial charge is 0.213 e. The highest BCUT2D eigenvalue weighted by Gasteiger charge is 2.34. The van der Waals surface area contributed by atoms with Gasteiger partial charge in [0.25, 0.3) is 0 Å². The number of hydrogen-bond acceptors (Lipinski definition) is 7. The molecular weight excluding hydrogens is 390 g/mol. The van der Waals surface area contributed by atoms with Crippen molar-refractivity contribution in [3.8, 4) is 5.88 Å². The molecular formula is C24H31N5O2. The number of nitrogens with zero attached hydrogens (tertiary/aromatic N) is 5.